The van der Waals surface area contributed by atoms with Crippen LogP contribution in [0.15, 0.2) is 24.3 Å². The highest BCUT2D eigenvalue weighted by molar-refractivity contribution is 5.82. The number of hydrogen-bond acceptors (Lipinski definition) is 7. The first kappa shape index (κ1) is 23.3. The minimum absolute atomic E-state index is 0.00195. The first-order chi connectivity index (χ1) is 12.7. The van der Waals surface area contributed by atoms with Crippen LogP contribution >= 0.6 is 0 Å². The second-order valence-electron chi connectivity index (χ2n) is 8.31. The molecule has 0 bridgehead atoms. The average Bonchev–Trinajstić information content (AvgIpc) is 2.50. The van der Waals surface area contributed by atoms with Crippen molar-refractivity contribution in [2.75, 3.05) is 5.73 Å². The molecule has 0 saturated carbocycles. The quantitative estimate of drug-likeness (QED) is 0.432. The molecule has 0 unspecified atom stereocenters. The van der Waals surface area contributed by atoms with Gasteiger partial charge >= 0.3 is 18.0 Å². The van der Waals surface area contributed by atoms with Gasteiger partial charge in [-0.05, 0) is 72.2 Å². The number of carbonyl (C=O) groups excluding carboxylic acids is 3. The maximum absolute atomic E-state index is 12.4. The Labute approximate surface area is 165 Å². The van der Waals surface area contributed by atoms with Crippen LogP contribution in [0, 0.1) is 0 Å². The molecular weight excluding hydrogens is 364 g/mol. The van der Waals surface area contributed by atoms with Crippen LogP contribution in [-0.4, -0.2) is 35.3 Å². The number of esters is 2. The summed E-state index contributed by atoms with van der Waals surface area (Å²) in [5.74, 6) is -0.865. The number of rotatable bonds is 6. The van der Waals surface area contributed by atoms with Gasteiger partial charge in [-0.25, -0.2) is 9.59 Å². The fourth-order valence-electron chi connectivity index (χ4n) is 2.05. The number of alkyl carbamates (subject to hydrolysis) is 1. The second-order valence-corrected chi connectivity index (χ2v) is 8.31. The van der Waals surface area contributed by atoms with Crippen LogP contribution in [0.2, 0.25) is 0 Å². The molecule has 0 aliphatic carbocycles. The van der Waals surface area contributed by atoms with E-state index in [1.807, 2.05) is 0 Å². The predicted octanol–water partition coefficient (Wildman–Crippen LogP) is 3.19. The summed E-state index contributed by atoms with van der Waals surface area (Å²) in [4.78, 5) is 36.5. The first-order valence-electron chi connectivity index (χ1n) is 9.04. The highest BCUT2D eigenvalue weighted by atomic mass is 16.6. The van der Waals surface area contributed by atoms with Crippen molar-refractivity contribution in [3.8, 4) is 5.75 Å². The van der Waals surface area contributed by atoms with Gasteiger partial charge in [-0.15, -0.1) is 0 Å². The molecule has 0 aliphatic rings. The zero-order valence-corrected chi connectivity index (χ0v) is 17.3. The average molecular weight is 394 g/mol. The van der Waals surface area contributed by atoms with Crippen molar-refractivity contribution in [3.05, 3.63) is 24.3 Å². The standard InChI is InChI=1S/C20H30N2O6/c1-19(2,3)27-17(24)15(22-18(25)28-20(4,5)6)11-12-16(23)26-14-9-7-13(21)8-10-14/h7-10,15H,11-12,21H2,1-6H3,(H,22,25)/t15-/m0/s1. The van der Waals surface area contributed by atoms with E-state index in [9.17, 15) is 14.4 Å². The van der Waals surface area contributed by atoms with Crippen molar-refractivity contribution in [1.82, 2.24) is 5.32 Å². The van der Waals surface area contributed by atoms with Crippen molar-refractivity contribution >= 4 is 23.7 Å². The number of carbonyl (C=O) groups is 3. The molecule has 0 saturated heterocycles. The molecule has 0 aromatic heterocycles. The van der Waals surface area contributed by atoms with Crippen molar-refractivity contribution in [1.29, 1.82) is 0 Å². The molecule has 156 valence electrons. The third-order valence-electron chi connectivity index (χ3n) is 3.13. The minimum Gasteiger partial charge on any atom is -0.458 e. The molecule has 0 radical (unpaired) electrons. The van der Waals surface area contributed by atoms with Gasteiger partial charge in [-0.3, -0.25) is 4.79 Å². The fraction of sp³-hybridized carbons (Fsp3) is 0.550. The third-order valence-corrected chi connectivity index (χ3v) is 3.13. The molecule has 28 heavy (non-hydrogen) atoms. The van der Waals surface area contributed by atoms with E-state index in [1.54, 1.807) is 65.8 Å². The molecule has 0 aliphatic heterocycles. The van der Waals surface area contributed by atoms with E-state index >= 15 is 0 Å². The summed E-state index contributed by atoms with van der Waals surface area (Å²) in [5, 5.41) is 2.46. The maximum Gasteiger partial charge on any atom is 0.408 e. The number of hydrogen-bond donors (Lipinski definition) is 2. The lowest BCUT2D eigenvalue weighted by molar-refractivity contribution is -0.157. The molecule has 1 atom stereocenters. The van der Waals surface area contributed by atoms with Gasteiger partial charge in [0.25, 0.3) is 0 Å². The van der Waals surface area contributed by atoms with Crippen LogP contribution < -0.4 is 15.8 Å². The van der Waals surface area contributed by atoms with Crippen molar-refractivity contribution in [2.45, 2.75) is 71.6 Å². The van der Waals surface area contributed by atoms with Crippen LogP contribution in [0.25, 0.3) is 0 Å². The van der Waals surface area contributed by atoms with Crippen LogP contribution in [0.5, 0.6) is 5.75 Å². The molecule has 1 rings (SSSR count). The number of nitrogens with two attached hydrogens (primary N) is 1. The number of anilines is 1. The normalized spacial score (nSPS) is 12.6. The Hall–Kier alpha value is -2.77. The van der Waals surface area contributed by atoms with Crippen molar-refractivity contribution < 1.29 is 28.6 Å². The molecule has 1 amide bonds. The van der Waals surface area contributed by atoms with Crippen molar-refractivity contribution in [2.24, 2.45) is 0 Å². The largest absolute Gasteiger partial charge is 0.458 e. The Morgan fingerprint density at radius 3 is 2.00 bits per heavy atom. The van der Waals surface area contributed by atoms with E-state index in [0.717, 1.165) is 0 Å². The topological polar surface area (TPSA) is 117 Å². The van der Waals surface area contributed by atoms with Gasteiger partial charge in [-0.2, -0.15) is 0 Å². The molecule has 0 spiro atoms. The fourth-order valence-corrected chi connectivity index (χ4v) is 2.05. The number of nitrogen functional groups attached to an aromatic ring is 1. The van der Waals surface area contributed by atoms with E-state index in [-0.39, 0.29) is 12.8 Å². The molecule has 0 fully saturated rings. The summed E-state index contributed by atoms with van der Waals surface area (Å²) in [6.45, 7) is 10.3. The van der Waals surface area contributed by atoms with E-state index in [2.05, 4.69) is 5.32 Å². The molecule has 8 nitrogen and oxygen atoms in total. The SMILES string of the molecule is CC(C)(C)OC(=O)N[C@@H](CCC(=O)Oc1ccc(N)cc1)C(=O)OC(C)(C)C. The van der Waals surface area contributed by atoms with E-state index < -0.39 is 35.3 Å². The van der Waals surface area contributed by atoms with Crippen LogP contribution in [0.1, 0.15) is 54.4 Å². The summed E-state index contributed by atoms with van der Waals surface area (Å²) in [6, 6.07) is 5.30. The monoisotopic (exact) mass is 394 g/mol. The van der Waals surface area contributed by atoms with Gasteiger partial charge < -0.3 is 25.3 Å². The van der Waals surface area contributed by atoms with Gasteiger partial charge in [0.1, 0.15) is 23.0 Å². The van der Waals surface area contributed by atoms with Crippen LogP contribution in [0.3, 0.4) is 0 Å². The highest BCUT2D eigenvalue weighted by Gasteiger charge is 2.29. The van der Waals surface area contributed by atoms with Gasteiger partial charge in [0.2, 0.25) is 0 Å². The number of benzene rings is 1. The Kier molecular flexibility index (Phi) is 7.84. The van der Waals surface area contributed by atoms with E-state index in [0.29, 0.717) is 11.4 Å². The molecule has 1 aromatic carbocycles. The number of nitrogens with one attached hydrogen (secondary N) is 1. The van der Waals surface area contributed by atoms with Crippen LogP contribution in [-0.2, 0) is 19.1 Å². The number of amides is 1. The molecular formula is C20H30N2O6. The first-order valence-corrected chi connectivity index (χ1v) is 9.04. The molecule has 1 aromatic rings. The lowest BCUT2D eigenvalue weighted by Gasteiger charge is -2.26. The maximum atomic E-state index is 12.4. The molecule has 0 heterocycles. The van der Waals surface area contributed by atoms with Gasteiger partial charge in [0.15, 0.2) is 0 Å². The summed E-state index contributed by atoms with van der Waals surface area (Å²) in [7, 11) is 0. The number of ether oxygens (including phenoxy) is 3. The summed E-state index contributed by atoms with van der Waals surface area (Å²) >= 11 is 0. The Morgan fingerprint density at radius 1 is 0.964 bits per heavy atom. The van der Waals surface area contributed by atoms with Crippen molar-refractivity contribution in [3.63, 3.8) is 0 Å². The summed E-state index contributed by atoms with van der Waals surface area (Å²) < 4.78 is 15.7. The summed E-state index contributed by atoms with van der Waals surface area (Å²) in [5.41, 5.74) is 4.67. The minimum atomic E-state index is -1.05. The highest BCUT2D eigenvalue weighted by Crippen LogP contribution is 2.16. The Morgan fingerprint density at radius 2 is 1.50 bits per heavy atom. The molecule has 3 N–H and O–H groups in total. The van der Waals surface area contributed by atoms with Crippen LogP contribution in [0.4, 0.5) is 10.5 Å². The van der Waals surface area contributed by atoms with E-state index in [4.69, 9.17) is 19.9 Å². The van der Waals surface area contributed by atoms with Gasteiger partial charge in [0, 0.05) is 12.1 Å². The Bertz CT molecular complexity index is 686. The Balaban J connectivity index is 2.72. The summed E-state index contributed by atoms with van der Waals surface area (Å²) in [6.07, 6.45) is -0.873. The smallest absolute Gasteiger partial charge is 0.408 e. The lowest BCUT2D eigenvalue weighted by atomic mass is 10.1. The second kappa shape index (κ2) is 9.43. The zero-order chi connectivity index (χ0) is 21.5. The molecule has 8 heteroatoms. The third kappa shape index (κ3) is 9.80. The lowest BCUT2D eigenvalue weighted by Crippen LogP contribution is -2.46. The van der Waals surface area contributed by atoms with Gasteiger partial charge in [-0.1, -0.05) is 0 Å². The van der Waals surface area contributed by atoms with E-state index in [1.165, 1.54) is 0 Å². The predicted molar refractivity (Wildman–Crippen MR) is 105 cm³/mol. The van der Waals surface area contributed by atoms with Gasteiger partial charge in [0.05, 0.1) is 0 Å². The zero-order valence-electron chi connectivity index (χ0n) is 17.3.